The van der Waals surface area contributed by atoms with Crippen LogP contribution in [0.1, 0.15) is 33.6 Å². The van der Waals surface area contributed by atoms with Crippen LogP contribution in [-0.2, 0) is 6.42 Å². The van der Waals surface area contributed by atoms with Gasteiger partial charge in [0.2, 0.25) is 5.89 Å². The zero-order valence-corrected chi connectivity index (χ0v) is 11.1. The Morgan fingerprint density at radius 2 is 2.06 bits per heavy atom. The third-order valence-corrected chi connectivity index (χ3v) is 3.22. The zero-order chi connectivity index (χ0) is 12.2. The molecule has 0 unspecified atom stereocenters. The number of hydrogen-bond acceptors (Lipinski definition) is 4. The van der Waals surface area contributed by atoms with E-state index in [0.29, 0.717) is 30.1 Å². The van der Waals surface area contributed by atoms with Crippen molar-refractivity contribution in [3.63, 3.8) is 0 Å². The van der Waals surface area contributed by atoms with Crippen LogP contribution in [0.25, 0.3) is 0 Å². The quantitative estimate of drug-likeness (QED) is 0.783. The summed E-state index contributed by atoms with van der Waals surface area (Å²) in [6, 6.07) is 0.480. The first-order valence-electron chi connectivity index (χ1n) is 5.58. The number of halogens is 1. The van der Waals surface area contributed by atoms with Crippen LogP contribution in [0.5, 0.6) is 0 Å². The predicted octanol–water partition coefficient (Wildman–Crippen LogP) is 2.95. The highest BCUT2D eigenvalue weighted by Gasteiger charge is 2.22. The van der Waals surface area contributed by atoms with Crippen molar-refractivity contribution < 1.29 is 4.42 Å². The highest BCUT2D eigenvalue weighted by atomic mass is 35.5. The van der Waals surface area contributed by atoms with Crippen molar-refractivity contribution in [2.75, 3.05) is 17.7 Å². The molecule has 1 heterocycles. The number of anilines is 1. The molecular formula is C11H20ClN3O. The summed E-state index contributed by atoms with van der Waals surface area (Å²) in [6.45, 7) is 9.64. The van der Waals surface area contributed by atoms with E-state index in [4.69, 9.17) is 16.0 Å². The molecule has 1 N–H and O–H groups in total. The Labute approximate surface area is 102 Å². The van der Waals surface area contributed by atoms with E-state index < -0.39 is 0 Å². The second kappa shape index (κ2) is 5.53. The van der Waals surface area contributed by atoms with Gasteiger partial charge in [0.25, 0.3) is 0 Å². The molecule has 5 heteroatoms. The van der Waals surface area contributed by atoms with Crippen LogP contribution >= 0.6 is 11.6 Å². The van der Waals surface area contributed by atoms with Crippen LogP contribution in [0.3, 0.4) is 0 Å². The molecule has 1 rings (SSSR count). The lowest BCUT2D eigenvalue weighted by Gasteiger charge is -2.28. The van der Waals surface area contributed by atoms with E-state index >= 15 is 0 Å². The van der Waals surface area contributed by atoms with Crippen molar-refractivity contribution >= 4 is 17.6 Å². The third kappa shape index (κ3) is 3.67. The number of nitrogens with one attached hydrogen (secondary N) is 1. The molecule has 0 saturated carbocycles. The van der Waals surface area contributed by atoms with E-state index in [-0.39, 0.29) is 5.41 Å². The molecule has 0 aromatic carbocycles. The lowest BCUT2D eigenvalue weighted by atomic mass is 9.81. The van der Waals surface area contributed by atoms with Crippen molar-refractivity contribution in [1.82, 2.24) is 10.2 Å². The van der Waals surface area contributed by atoms with Gasteiger partial charge in [-0.15, -0.1) is 16.7 Å². The average molecular weight is 246 g/mol. The first kappa shape index (κ1) is 13.3. The zero-order valence-electron chi connectivity index (χ0n) is 10.4. The van der Waals surface area contributed by atoms with Crippen molar-refractivity contribution in [2.24, 2.45) is 11.3 Å². The van der Waals surface area contributed by atoms with E-state index in [0.717, 1.165) is 6.54 Å². The van der Waals surface area contributed by atoms with Crippen LogP contribution in [0, 0.1) is 11.3 Å². The SMILES string of the molecule is CC(C)C(C)(C)CNc1nnc(CCCl)o1. The molecule has 1 aromatic heterocycles. The minimum absolute atomic E-state index is 0.196. The summed E-state index contributed by atoms with van der Waals surface area (Å²) in [5.41, 5.74) is 0.196. The summed E-state index contributed by atoms with van der Waals surface area (Å²) in [6.07, 6.45) is 0.615. The van der Waals surface area contributed by atoms with E-state index in [1.807, 2.05) is 0 Å². The molecule has 0 spiro atoms. The topological polar surface area (TPSA) is 51.0 Å². The van der Waals surface area contributed by atoms with Gasteiger partial charge in [-0.2, -0.15) is 0 Å². The highest BCUT2D eigenvalue weighted by Crippen LogP contribution is 2.26. The Morgan fingerprint density at radius 1 is 1.38 bits per heavy atom. The molecule has 1 aromatic rings. The Morgan fingerprint density at radius 3 is 2.62 bits per heavy atom. The first-order chi connectivity index (χ1) is 7.45. The predicted molar refractivity (Wildman–Crippen MR) is 65.8 cm³/mol. The summed E-state index contributed by atoms with van der Waals surface area (Å²) in [4.78, 5) is 0. The number of alkyl halides is 1. The average Bonchev–Trinajstić information content (AvgIpc) is 2.63. The Bertz CT molecular complexity index is 323. The molecule has 92 valence electrons. The van der Waals surface area contributed by atoms with Crippen LogP contribution in [0.2, 0.25) is 0 Å². The van der Waals surface area contributed by atoms with Gasteiger partial charge in [0, 0.05) is 18.8 Å². The van der Waals surface area contributed by atoms with Gasteiger partial charge in [0.05, 0.1) is 0 Å². The van der Waals surface area contributed by atoms with Crippen molar-refractivity contribution in [1.29, 1.82) is 0 Å². The summed E-state index contributed by atoms with van der Waals surface area (Å²) >= 11 is 5.59. The fourth-order valence-corrected chi connectivity index (χ4v) is 1.18. The lowest BCUT2D eigenvalue weighted by Crippen LogP contribution is -2.28. The van der Waals surface area contributed by atoms with Gasteiger partial charge < -0.3 is 9.73 Å². The Kier molecular flexibility index (Phi) is 4.59. The van der Waals surface area contributed by atoms with Crippen molar-refractivity contribution in [2.45, 2.75) is 34.1 Å². The molecule has 0 aliphatic rings. The van der Waals surface area contributed by atoms with Gasteiger partial charge in [-0.1, -0.05) is 32.8 Å². The minimum Gasteiger partial charge on any atom is -0.408 e. The molecule has 0 amide bonds. The molecule has 0 aliphatic carbocycles. The fraction of sp³-hybridized carbons (Fsp3) is 0.818. The normalized spacial score (nSPS) is 12.1. The summed E-state index contributed by atoms with van der Waals surface area (Å²) < 4.78 is 5.38. The van der Waals surface area contributed by atoms with Gasteiger partial charge in [-0.25, -0.2) is 0 Å². The molecule has 16 heavy (non-hydrogen) atoms. The Balaban J connectivity index is 2.48. The first-order valence-corrected chi connectivity index (χ1v) is 6.11. The second-order valence-corrected chi connectivity index (χ2v) is 5.31. The van der Waals surface area contributed by atoms with Gasteiger partial charge in [-0.05, 0) is 11.3 Å². The van der Waals surface area contributed by atoms with Crippen LogP contribution < -0.4 is 5.32 Å². The highest BCUT2D eigenvalue weighted by molar-refractivity contribution is 6.17. The van der Waals surface area contributed by atoms with Gasteiger partial charge >= 0.3 is 6.01 Å². The molecule has 0 saturated heterocycles. The summed E-state index contributed by atoms with van der Waals surface area (Å²) in [7, 11) is 0. The summed E-state index contributed by atoms with van der Waals surface area (Å²) in [5, 5.41) is 11.0. The maximum absolute atomic E-state index is 5.59. The monoisotopic (exact) mass is 245 g/mol. The van der Waals surface area contributed by atoms with Gasteiger partial charge in [0.1, 0.15) is 0 Å². The molecular weight excluding hydrogens is 226 g/mol. The Hall–Kier alpha value is -0.770. The van der Waals surface area contributed by atoms with E-state index in [1.165, 1.54) is 0 Å². The standard InChI is InChI=1S/C11H20ClN3O/c1-8(2)11(3,4)7-13-10-15-14-9(16-10)5-6-12/h8H,5-7H2,1-4H3,(H,13,15). The van der Waals surface area contributed by atoms with E-state index in [1.54, 1.807) is 0 Å². The number of nitrogens with zero attached hydrogens (tertiary/aromatic N) is 2. The molecule has 0 bridgehead atoms. The fourth-order valence-electron chi connectivity index (χ4n) is 1.01. The van der Waals surface area contributed by atoms with Gasteiger partial charge in [-0.3, -0.25) is 0 Å². The van der Waals surface area contributed by atoms with Crippen LogP contribution in [-0.4, -0.2) is 22.6 Å². The largest absolute Gasteiger partial charge is 0.408 e. The van der Waals surface area contributed by atoms with Gasteiger partial charge in [0.15, 0.2) is 0 Å². The van der Waals surface area contributed by atoms with Crippen LogP contribution in [0.4, 0.5) is 6.01 Å². The number of aromatic nitrogens is 2. The molecule has 4 nitrogen and oxygen atoms in total. The number of rotatable bonds is 6. The minimum atomic E-state index is 0.196. The lowest BCUT2D eigenvalue weighted by molar-refractivity contribution is 0.267. The number of hydrogen-bond donors (Lipinski definition) is 1. The summed E-state index contributed by atoms with van der Waals surface area (Å²) in [5.74, 6) is 1.67. The molecule has 0 atom stereocenters. The van der Waals surface area contributed by atoms with E-state index in [2.05, 4.69) is 43.2 Å². The van der Waals surface area contributed by atoms with Crippen molar-refractivity contribution in [3.8, 4) is 0 Å². The molecule has 0 radical (unpaired) electrons. The van der Waals surface area contributed by atoms with Crippen molar-refractivity contribution in [3.05, 3.63) is 5.89 Å². The third-order valence-electron chi connectivity index (χ3n) is 3.03. The maximum Gasteiger partial charge on any atom is 0.315 e. The van der Waals surface area contributed by atoms with Crippen LogP contribution in [0.15, 0.2) is 4.42 Å². The smallest absolute Gasteiger partial charge is 0.315 e. The molecule has 0 fully saturated rings. The molecule has 0 aliphatic heterocycles. The number of aryl methyl sites for hydroxylation is 1. The second-order valence-electron chi connectivity index (χ2n) is 4.94. The maximum atomic E-state index is 5.59. The van der Waals surface area contributed by atoms with E-state index in [9.17, 15) is 0 Å².